The Kier molecular flexibility index (Phi) is 3.78. The number of amides is 1. The number of hydrogen-bond acceptors (Lipinski definition) is 3. The third-order valence-corrected chi connectivity index (χ3v) is 3.23. The molecule has 1 aliphatic heterocycles. The molecule has 1 unspecified atom stereocenters. The lowest BCUT2D eigenvalue weighted by Gasteiger charge is -2.29. The van der Waals surface area contributed by atoms with Crippen LogP contribution in [0.25, 0.3) is 0 Å². The molecule has 0 bridgehead atoms. The van der Waals surface area contributed by atoms with Crippen molar-refractivity contribution in [1.29, 1.82) is 5.26 Å². The van der Waals surface area contributed by atoms with Crippen molar-refractivity contribution in [2.24, 2.45) is 5.92 Å². The largest absolute Gasteiger partial charge is 0.337 e. The zero-order valence-corrected chi connectivity index (χ0v) is 10.3. The van der Waals surface area contributed by atoms with Gasteiger partial charge in [0.1, 0.15) is 11.0 Å². The maximum absolute atomic E-state index is 13.1. The molecule has 0 aliphatic carbocycles. The molecule has 1 amide bonds. The molecule has 2 heterocycles. The van der Waals surface area contributed by atoms with Gasteiger partial charge in [0.05, 0.1) is 23.7 Å². The Hall–Kier alpha value is -1.67. The van der Waals surface area contributed by atoms with Crippen LogP contribution in [-0.2, 0) is 0 Å². The van der Waals surface area contributed by atoms with E-state index in [1.807, 2.05) is 0 Å². The van der Waals surface area contributed by atoms with Crippen LogP contribution in [-0.4, -0.2) is 28.9 Å². The van der Waals surface area contributed by atoms with Gasteiger partial charge in [-0.15, -0.1) is 0 Å². The number of aromatic nitrogens is 1. The van der Waals surface area contributed by atoms with E-state index in [1.54, 1.807) is 0 Å². The number of carbonyl (C=O) groups excluding carboxylic acids is 1. The van der Waals surface area contributed by atoms with Crippen LogP contribution < -0.4 is 0 Å². The first-order chi connectivity index (χ1) is 8.61. The van der Waals surface area contributed by atoms with Crippen LogP contribution in [0.1, 0.15) is 23.2 Å². The highest BCUT2D eigenvalue weighted by atomic mass is 35.5. The molecule has 0 radical (unpaired) electrons. The van der Waals surface area contributed by atoms with Crippen LogP contribution >= 0.6 is 11.6 Å². The summed E-state index contributed by atoms with van der Waals surface area (Å²) in [5.74, 6) is -1.13. The van der Waals surface area contributed by atoms with Crippen molar-refractivity contribution in [2.45, 2.75) is 12.8 Å². The summed E-state index contributed by atoms with van der Waals surface area (Å²) < 4.78 is 13.1. The first-order valence-electron chi connectivity index (χ1n) is 5.61. The van der Waals surface area contributed by atoms with Crippen molar-refractivity contribution in [3.8, 4) is 6.07 Å². The fourth-order valence-electron chi connectivity index (χ4n) is 2.01. The molecule has 6 heteroatoms. The van der Waals surface area contributed by atoms with E-state index >= 15 is 0 Å². The standard InChI is InChI=1S/C12H11ClFN3O/c13-11-10(4-9(14)6-16-11)12(18)17-3-1-2-8(5-15)7-17/h4,6,8H,1-3,7H2. The van der Waals surface area contributed by atoms with Crippen LogP contribution in [0.3, 0.4) is 0 Å². The zero-order chi connectivity index (χ0) is 13.1. The Morgan fingerprint density at radius 3 is 3.17 bits per heavy atom. The van der Waals surface area contributed by atoms with Gasteiger partial charge in [-0.1, -0.05) is 11.6 Å². The average Bonchev–Trinajstić information content (AvgIpc) is 2.41. The molecule has 1 fully saturated rings. The van der Waals surface area contributed by atoms with Gasteiger partial charge in [-0.25, -0.2) is 9.37 Å². The van der Waals surface area contributed by atoms with Crippen LogP contribution in [0.15, 0.2) is 12.3 Å². The highest BCUT2D eigenvalue weighted by Gasteiger charge is 2.26. The van der Waals surface area contributed by atoms with Gasteiger partial charge in [0.2, 0.25) is 0 Å². The van der Waals surface area contributed by atoms with Crippen molar-refractivity contribution in [3.05, 3.63) is 28.8 Å². The topological polar surface area (TPSA) is 57.0 Å². The van der Waals surface area contributed by atoms with Gasteiger partial charge in [0.15, 0.2) is 0 Å². The second-order valence-electron chi connectivity index (χ2n) is 4.21. The number of carbonyl (C=O) groups is 1. The highest BCUT2D eigenvalue weighted by molar-refractivity contribution is 6.32. The predicted molar refractivity (Wildman–Crippen MR) is 63.4 cm³/mol. The quantitative estimate of drug-likeness (QED) is 0.733. The minimum Gasteiger partial charge on any atom is -0.337 e. The molecule has 0 N–H and O–H groups in total. The van der Waals surface area contributed by atoms with Gasteiger partial charge in [-0.2, -0.15) is 5.26 Å². The van der Waals surface area contributed by atoms with Crippen molar-refractivity contribution >= 4 is 17.5 Å². The second-order valence-corrected chi connectivity index (χ2v) is 4.57. The summed E-state index contributed by atoms with van der Waals surface area (Å²) in [5.41, 5.74) is 0.0512. The van der Waals surface area contributed by atoms with Crippen LogP contribution in [0, 0.1) is 23.1 Å². The lowest BCUT2D eigenvalue weighted by molar-refractivity contribution is 0.0698. The normalized spacial score (nSPS) is 19.4. The number of nitriles is 1. The zero-order valence-electron chi connectivity index (χ0n) is 9.57. The maximum Gasteiger partial charge on any atom is 0.257 e. The van der Waals surface area contributed by atoms with E-state index in [4.69, 9.17) is 16.9 Å². The smallest absolute Gasteiger partial charge is 0.257 e. The van der Waals surface area contributed by atoms with Gasteiger partial charge in [0.25, 0.3) is 5.91 Å². The number of nitrogens with zero attached hydrogens (tertiary/aromatic N) is 3. The molecule has 1 saturated heterocycles. The third-order valence-electron chi connectivity index (χ3n) is 2.93. The molecule has 0 spiro atoms. The third kappa shape index (κ3) is 2.59. The van der Waals surface area contributed by atoms with Crippen molar-refractivity contribution < 1.29 is 9.18 Å². The summed E-state index contributed by atoms with van der Waals surface area (Å²) in [6.45, 7) is 0.923. The Morgan fingerprint density at radius 2 is 2.44 bits per heavy atom. The van der Waals surface area contributed by atoms with E-state index in [1.165, 1.54) is 4.90 Å². The molecule has 1 atom stereocenters. The number of hydrogen-bond donors (Lipinski definition) is 0. The molecule has 94 valence electrons. The van der Waals surface area contributed by atoms with E-state index in [0.717, 1.165) is 25.1 Å². The number of piperidine rings is 1. The van der Waals surface area contributed by atoms with Crippen LogP contribution in [0.4, 0.5) is 4.39 Å². The number of halogens is 2. The minimum atomic E-state index is -0.600. The summed E-state index contributed by atoms with van der Waals surface area (Å²) in [5, 5.41) is 8.86. The summed E-state index contributed by atoms with van der Waals surface area (Å²) >= 11 is 5.79. The average molecular weight is 268 g/mol. The molecule has 2 rings (SSSR count). The lowest BCUT2D eigenvalue weighted by Crippen LogP contribution is -2.39. The Bertz CT molecular complexity index is 515. The number of rotatable bonds is 1. The summed E-state index contributed by atoms with van der Waals surface area (Å²) in [4.78, 5) is 17.3. The minimum absolute atomic E-state index is 0.0134. The summed E-state index contributed by atoms with van der Waals surface area (Å²) in [6, 6.07) is 3.23. The maximum atomic E-state index is 13.1. The number of likely N-dealkylation sites (tertiary alicyclic amines) is 1. The van der Waals surface area contributed by atoms with Gasteiger partial charge >= 0.3 is 0 Å². The molecule has 1 aromatic heterocycles. The molecule has 0 aromatic carbocycles. The van der Waals surface area contributed by atoms with E-state index in [0.29, 0.717) is 13.1 Å². The summed E-state index contributed by atoms with van der Waals surface area (Å²) in [7, 11) is 0. The first kappa shape index (κ1) is 12.8. The van der Waals surface area contributed by atoms with E-state index in [-0.39, 0.29) is 22.5 Å². The van der Waals surface area contributed by atoms with Crippen LogP contribution in [0.5, 0.6) is 0 Å². The molecular weight excluding hydrogens is 257 g/mol. The van der Waals surface area contributed by atoms with E-state index < -0.39 is 5.82 Å². The second kappa shape index (κ2) is 5.32. The number of pyridine rings is 1. The van der Waals surface area contributed by atoms with Gasteiger partial charge < -0.3 is 4.90 Å². The van der Waals surface area contributed by atoms with Gasteiger partial charge in [-0.3, -0.25) is 4.79 Å². The fourth-order valence-corrected chi connectivity index (χ4v) is 2.19. The molecule has 4 nitrogen and oxygen atoms in total. The SMILES string of the molecule is N#CC1CCCN(C(=O)c2cc(F)cnc2Cl)C1. The van der Waals surface area contributed by atoms with Crippen molar-refractivity contribution in [3.63, 3.8) is 0 Å². The van der Waals surface area contributed by atoms with Crippen molar-refractivity contribution in [1.82, 2.24) is 9.88 Å². The van der Waals surface area contributed by atoms with E-state index in [9.17, 15) is 9.18 Å². The molecule has 0 saturated carbocycles. The van der Waals surface area contributed by atoms with Crippen LogP contribution in [0.2, 0.25) is 5.15 Å². The predicted octanol–water partition coefficient (Wildman–Crippen LogP) is 2.25. The lowest BCUT2D eigenvalue weighted by atomic mass is 9.99. The van der Waals surface area contributed by atoms with E-state index in [2.05, 4.69) is 11.1 Å². The van der Waals surface area contributed by atoms with Crippen molar-refractivity contribution in [2.75, 3.05) is 13.1 Å². The fraction of sp³-hybridized carbons (Fsp3) is 0.417. The van der Waals surface area contributed by atoms with Gasteiger partial charge in [0, 0.05) is 13.1 Å². The monoisotopic (exact) mass is 267 g/mol. The highest BCUT2D eigenvalue weighted by Crippen LogP contribution is 2.21. The Balaban J connectivity index is 2.21. The molecule has 1 aliphatic rings. The first-order valence-corrected chi connectivity index (χ1v) is 5.99. The molecule has 18 heavy (non-hydrogen) atoms. The Labute approximate surface area is 109 Å². The molecule has 1 aromatic rings. The summed E-state index contributed by atoms with van der Waals surface area (Å²) in [6.07, 6.45) is 2.52. The molecular formula is C12H11ClFN3O. The Morgan fingerprint density at radius 1 is 1.67 bits per heavy atom. The van der Waals surface area contributed by atoms with Gasteiger partial charge in [-0.05, 0) is 18.9 Å².